The average Bonchev–Trinajstić information content (AvgIpc) is 2.91. The molecule has 3 nitrogen and oxygen atoms in total. The summed E-state index contributed by atoms with van der Waals surface area (Å²) in [5, 5.41) is 0. The van der Waals surface area contributed by atoms with Crippen LogP contribution < -0.4 is 5.73 Å². The van der Waals surface area contributed by atoms with Gasteiger partial charge in [-0.05, 0) is 29.9 Å². The molecule has 100 valence electrons. The van der Waals surface area contributed by atoms with E-state index in [9.17, 15) is 4.79 Å². The minimum Gasteiger partial charge on any atom is -0.338 e. The number of carbonyl (C=O) groups is 1. The van der Waals surface area contributed by atoms with Gasteiger partial charge in [-0.2, -0.15) is 11.8 Å². The highest BCUT2D eigenvalue weighted by Crippen LogP contribution is 2.22. The van der Waals surface area contributed by atoms with Crippen molar-refractivity contribution >= 4 is 30.1 Å². The Bertz CT molecular complexity index is 390. The molecule has 18 heavy (non-hydrogen) atoms. The maximum atomic E-state index is 12.2. The van der Waals surface area contributed by atoms with Crippen molar-refractivity contribution in [1.29, 1.82) is 0 Å². The van der Waals surface area contributed by atoms with Gasteiger partial charge >= 0.3 is 0 Å². The Morgan fingerprint density at radius 2 is 2.11 bits per heavy atom. The van der Waals surface area contributed by atoms with Gasteiger partial charge in [0.25, 0.3) is 5.91 Å². The second kappa shape index (κ2) is 7.02. The third kappa shape index (κ3) is 3.40. The van der Waals surface area contributed by atoms with Crippen LogP contribution in [0.4, 0.5) is 0 Å². The van der Waals surface area contributed by atoms with Gasteiger partial charge in [-0.15, -0.1) is 12.4 Å². The van der Waals surface area contributed by atoms with E-state index in [1.807, 2.05) is 48.0 Å². The molecule has 1 fully saturated rings. The Labute approximate surface area is 119 Å². The average molecular weight is 287 g/mol. The third-order valence-corrected chi connectivity index (χ3v) is 4.36. The van der Waals surface area contributed by atoms with Crippen LogP contribution in [0, 0.1) is 0 Å². The first kappa shape index (κ1) is 15.3. The van der Waals surface area contributed by atoms with Gasteiger partial charge in [0.2, 0.25) is 0 Å². The predicted octanol–water partition coefficient (Wildman–Crippen LogP) is 2.14. The topological polar surface area (TPSA) is 46.3 Å². The zero-order valence-electron chi connectivity index (χ0n) is 10.5. The molecule has 2 N–H and O–H groups in total. The van der Waals surface area contributed by atoms with Crippen LogP contribution in [0.5, 0.6) is 0 Å². The van der Waals surface area contributed by atoms with E-state index in [1.165, 1.54) is 0 Å². The zero-order valence-corrected chi connectivity index (χ0v) is 12.1. The maximum Gasteiger partial charge on any atom is 0.253 e. The van der Waals surface area contributed by atoms with Crippen LogP contribution in [0.1, 0.15) is 22.3 Å². The van der Waals surface area contributed by atoms with E-state index in [0.717, 1.165) is 29.1 Å². The largest absolute Gasteiger partial charge is 0.338 e. The lowest BCUT2D eigenvalue weighted by Gasteiger charge is -2.23. The van der Waals surface area contributed by atoms with Gasteiger partial charge in [-0.3, -0.25) is 4.79 Å². The first-order chi connectivity index (χ1) is 8.22. The van der Waals surface area contributed by atoms with Gasteiger partial charge in [0.1, 0.15) is 0 Å². The van der Waals surface area contributed by atoms with Crippen LogP contribution in [0.25, 0.3) is 0 Å². The molecule has 2 rings (SSSR count). The normalized spacial score (nSPS) is 18.2. The van der Waals surface area contributed by atoms with Crippen LogP contribution >= 0.6 is 24.2 Å². The molecule has 0 aliphatic carbocycles. The van der Waals surface area contributed by atoms with Gasteiger partial charge in [-0.25, -0.2) is 0 Å². The summed E-state index contributed by atoms with van der Waals surface area (Å²) in [6.07, 6.45) is 1.10. The van der Waals surface area contributed by atoms with Crippen LogP contribution in [0.2, 0.25) is 0 Å². The Kier molecular flexibility index (Phi) is 5.99. The summed E-state index contributed by atoms with van der Waals surface area (Å²) in [5.41, 5.74) is 7.34. The number of benzene rings is 1. The molecule has 0 spiro atoms. The van der Waals surface area contributed by atoms with Crippen molar-refractivity contribution in [3.05, 3.63) is 35.4 Å². The molecule has 1 aliphatic heterocycles. The molecule has 1 heterocycles. The Balaban J connectivity index is 0.00000162. The summed E-state index contributed by atoms with van der Waals surface area (Å²) in [6, 6.07) is 7.96. The lowest BCUT2D eigenvalue weighted by atomic mass is 10.1. The van der Waals surface area contributed by atoms with Crippen molar-refractivity contribution < 1.29 is 4.79 Å². The number of rotatable bonds is 3. The lowest BCUT2D eigenvalue weighted by Crippen LogP contribution is -2.36. The lowest BCUT2D eigenvalue weighted by molar-refractivity contribution is 0.0748. The van der Waals surface area contributed by atoms with E-state index in [2.05, 4.69) is 0 Å². The molecule has 1 aromatic carbocycles. The number of amides is 1. The molecule has 0 aromatic heterocycles. The summed E-state index contributed by atoms with van der Waals surface area (Å²) >= 11 is 1.92. The molecule has 0 bridgehead atoms. The number of hydrogen-bond acceptors (Lipinski definition) is 3. The van der Waals surface area contributed by atoms with Gasteiger partial charge < -0.3 is 10.6 Å². The van der Waals surface area contributed by atoms with Gasteiger partial charge in [0, 0.05) is 31.0 Å². The second-order valence-corrected chi connectivity index (χ2v) is 5.48. The first-order valence-corrected chi connectivity index (χ1v) is 7.01. The summed E-state index contributed by atoms with van der Waals surface area (Å²) < 4.78 is 0. The Hall–Kier alpha value is -0.710. The molecule has 1 saturated heterocycles. The highest BCUT2D eigenvalue weighted by atomic mass is 35.5. The molecular formula is C13H19ClN2OS. The summed E-state index contributed by atoms with van der Waals surface area (Å²) in [6.45, 7) is 0.517. The van der Waals surface area contributed by atoms with Gasteiger partial charge in [-0.1, -0.05) is 12.1 Å². The first-order valence-electron chi connectivity index (χ1n) is 5.86. The van der Waals surface area contributed by atoms with Crippen LogP contribution in [0.3, 0.4) is 0 Å². The molecule has 1 aromatic rings. The number of thioether (sulfide) groups is 1. The Morgan fingerprint density at radius 1 is 1.44 bits per heavy atom. The molecule has 0 saturated carbocycles. The molecule has 1 atom stereocenters. The van der Waals surface area contributed by atoms with E-state index in [1.54, 1.807) is 0 Å². The fourth-order valence-corrected chi connectivity index (χ4v) is 3.25. The van der Waals surface area contributed by atoms with Crippen molar-refractivity contribution in [1.82, 2.24) is 4.90 Å². The third-order valence-electron chi connectivity index (χ3n) is 3.21. The van der Waals surface area contributed by atoms with Crippen LogP contribution in [-0.4, -0.2) is 35.4 Å². The molecule has 5 heteroatoms. The van der Waals surface area contributed by atoms with Crippen LogP contribution in [-0.2, 0) is 6.54 Å². The second-order valence-electron chi connectivity index (χ2n) is 4.33. The fourth-order valence-electron chi connectivity index (χ4n) is 1.98. The summed E-state index contributed by atoms with van der Waals surface area (Å²) in [7, 11) is 1.90. The van der Waals surface area contributed by atoms with Gasteiger partial charge in [0.05, 0.1) is 0 Å². The number of nitrogens with zero attached hydrogens (tertiary/aromatic N) is 1. The quantitative estimate of drug-likeness (QED) is 0.926. The van der Waals surface area contributed by atoms with E-state index in [-0.39, 0.29) is 18.3 Å². The number of hydrogen-bond donors (Lipinski definition) is 1. The molecule has 0 radical (unpaired) electrons. The number of nitrogens with two attached hydrogens (primary N) is 1. The molecule has 1 aliphatic rings. The Morgan fingerprint density at radius 3 is 2.61 bits per heavy atom. The van der Waals surface area contributed by atoms with Crippen molar-refractivity contribution in [2.45, 2.75) is 19.0 Å². The minimum absolute atomic E-state index is 0. The van der Waals surface area contributed by atoms with Gasteiger partial charge in [0.15, 0.2) is 0 Å². The zero-order chi connectivity index (χ0) is 12.3. The highest BCUT2D eigenvalue weighted by Gasteiger charge is 2.24. The summed E-state index contributed by atoms with van der Waals surface area (Å²) in [5.74, 6) is 2.33. The maximum absolute atomic E-state index is 12.2. The van der Waals surface area contributed by atoms with E-state index < -0.39 is 0 Å². The SMILES string of the molecule is CN(C(=O)c1ccc(CN)cc1)C1CCSC1.Cl. The van der Waals surface area contributed by atoms with Crippen molar-refractivity contribution in [3.63, 3.8) is 0 Å². The van der Waals surface area contributed by atoms with Crippen molar-refractivity contribution in [3.8, 4) is 0 Å². The summed E-state index contributed by atoms with van der Waals surface area (Å²) in [4.78, 5) is 14.1. The number of carbonyl (C=O) groups excluding carboxylic acids is 1. The van der Waals surface area contributed by atoms with E-state index in [4.69, 9.17) is 5.73 Å². The highest BCUT2D eigenvalue weighted by molar-refractivity contribution is 7.99. The van der Waals surface area contributed by atoms with E-state index >= 15 is 0 Å². The smallest absolute Gasteiger partial charge is 0.253 e. The standard InChI is InChI=1S/C13H18N2OS.ClH/c1-15(12-6-7-17-9-12)13(16)11-4-2-10(8-14)3-5-11;/h2-5,12H,6-9,14H2,1H3;1H. The molecular weight excluding hydrogens is 268 g/mol. The van der Waals surface area contributed by atoms with E-state index in [0.29, 0.717) is 12.6 Å². The van der Waals surface area contributed by atoms with Crippen LogP contribution in [0.15, 0.2) is 24.3 Å². The number of halogens is 1. The fraction of sp³-hybridized carbons (Fsp3) is 0.462. The van der Waals surface area contributed by atoms with Crippen molar-refractivity contribution in [2.75, 3.05) is 18.6 Å². The molecule has 1 unspecified atom stereocenters. The molecule has 1 amide bonds. The predicted molar refractivity (Wildman–Crippen MR) is 79.4 cm³/mol. The minimum atomic E-state index is 0. The monoisotopic (exact) mass is 286 g/mol. The van der Waals surface area contributed by atoms with Crippen molar-refractivity contribution in [2.24, 2.45) is 5.73 Å².